The summed E-state index contributed by atoms with van der Waals surface area (Å²) in [6.45, 7) is 0. The zero-order valence-corrected chi connectivity index (χ0v) is 16.2. The molecule has 4 aromatic rings. The Balaban J connectivity index is 2.03. The molecule has 0 aliphatic rings. The molecule has 4 nitrogen and oxygen atoms in total. The fourth-order valence-electron chi connectivity index (χ4n) is 3.28. The zero-order valence-electron chi connectivity index (χ0n) is 15.4. The van der Waals surface area contributed by atoms with Crippen LogP contribution in [0.4, 0.5) is 0 Å². The van der Waals surface area contributed by atoms with Crippen molar-refractivity contribution in [3.05, 3.63) is 71.8 Å². The molecule has 4 rings (SSSR count). The van der Waals surface area contributed by atoms with E-state index in [1.54, 1.807) is 26.4 Å². The number of rotatable bonds is 4. The molecule has 5 heteroatoms. The van der Waals surface area contributed by atoms with Crippen LogP contribution in [-0.4, -0.2) is 24.3 Å². The number of ether oxygens (including phenoxy) is 2. The number of phenolic OH excluding ortho intramolecular Hbond substituents is 1. The maximum Gasteiger partial charge on any atom is 0.134 e. The van der Waals surface area contributed by atoms with Crippen LogP contribution in [-0.2, 0) is 0 Å². The smallest absolute Gasteiger partial charge is 0.134 e. The molecule has 28 heavy (non-hydrogen) atoms. The molecular formula is C23H18ClNO3. The molecule has 3 aromatic carbocycles. The van der Waals surface area contributed by atoms with E-state index < -0.39 is 0 Å². The number of aromatic nitrogens is 1. The molecule has 1 heterocycles. The van der Waals surface area contributed by atoms with Gasteiger partial charge >= 0.3 is 0 Å². The highest BCUT2D eigenvalue weighted by Gasteiger charge is 2.18. The van der Waals surface area contributed by atoms with E-state index in [1.807, 2.05) is 54.6 Å². The molecule has 0 bridgehead atoms. The normalized spacial score (nSPS) is 10.8. The Morgan fingerprint density at radius 3 is 2.36 bits per heavy atom. The molecule has 140 valence electrons. The summed E-state index contributed by atoms with van der Waals surface area (Å²) in [6.07, 6.45) is 0. The Hall–Kier alpha value is -3.24. The molecule has 0 aliphatic carbocycles. The number of nitrogens with zero attached hydrogens (tertiary/aromatic N) is 1. The fourth-order valence-corrected chi connectivity index (χ4v) is 3.40. The maximum atomic E-state index is 10.7. The first-order valence-electron chi connectivity index (χ1n) is 8.72. The highest BCUT2D eigenvalue weighted by Crippen LogP contribution is 2.44. The van der Waals surface area contributed by atoms with E-state index in [0.29, 0.717) is 22.1 Å². The van der Waals surface area contributed by atoms with E-state index in [2.05, 4.69) is 0 Å². The number of phenols is 1. The van der Waals surface area contributed by atoms with Crippen LogP contribution in [0, 0.1) is 0 Å². The number of benzene rings is 3. The predicted molar refractivity (Wildman–Crippen MR) is 112 cm³/mol. The predicted octanol–water partition coefficient (Wildman–Crippen LogP) is 5.95. The Kier molecular flexibility index (Phi) is 4.80. The van der Waals surface area contributed by atoms with Gasteiger partial charge in [-0.25, -0.2) is 4.98 Å². The van der Waals surface area contributed by atoms with Gasteiger partial charge in [0.1, 0.15) is 17.2 Å². The van der Waals surface area contributed by atoms with Gasteiger partial charge in [-0.05, 0) is 24.3 Å². The summed E-state index contributed by atoms with van der Waals surface area (Å²) >= 11 is 6.03. The van der Waals surface area contributed by atoms with Crippen molar-refractivity contribution in [3.63, 3.8) is 0 Å². The Bertz CT molecular complexity index is 1160. The third-order valence-corrected chi connectivity index (χ3v) is 4.89. The second-order valence-corrected chi connectivity index (χ2v) is 6.74. The van der Waals surface area contributed by atoms with Gasteiger partial charge in [0.2, 0.25) is 0 Å². The van der Waals surface area contributed by atoms with E-state index >= 15 is 0 Å². The summed E-state index contributed by atoms with van der Waals surface area (Å²) in [7, 11) is 3.12. The molecule has 0 saturated carbocycles. The molecule has 0 radical (unpaired) electrons. The summed E-state index contributed by atoms with van der Waals surface area (Å²) in [6, 6.07) is 20.6. The van der Waals surface area contributed by atoms with Crippen LogP contribution in [0.5, 0.6) is 17.2 Å². The van der Waals surface area contributed by atoms with Crippen LogP contribution >= 0.6 is 11.6 Å². The summed E-state index contributed by atoms with van der Waals surface area (Å²) in [5.74, 6) is 1.12. The van der Waals surface area contributed by atoms with Crippen LogP contribution in [0.15, 0.2) is 66.7 Å². The lowest BCUT2D eigenvalue weighted by atomic mass is 9.96. The molecule has 0 spiro atoms. The topological polar surface area (TPSA) is 51.6 Å². The number of hydrogen-bond acceptors (Lipinski definition) is 4. The van der Waals surface area contributed by atoms with E-state index in [-0.39, 0.29) is 5.75 Å². The van der Waals surface area contributed by atoms with Crippen LogP contribution in [0.2, 0.25) is 5.02 Å². The van der Waals surface area contributed by atoms with Crippen LogP contribution in [0.1, 0.15) is 0 Å². The lowest BCUT2D eigenvalue weighted by Crippen LogP contribution is -1.94. The summed E-state index contributed by atoms with van der Waals surface area (Å²) in [5.41, 5.74) is 3.96. The molecule has 0 amide bonds. The van der Waals surface area contributed by atoms with Gasteiger partial charge in [0.25, 0.3) is 0 Å². The molecule has 1 aromatic heterocycles. The molecule has 0 atom stereocenters. The third-order valence-electron chi connectivity index (χ3n) is 4.64. The number of pyridine rings is 1. The highest BCUT2D eigenvalue weighted by atomic mass is 35.5. The Labute approximate surface area is 168 Å². The number of para-hydroxylation sites is 1. The standard InChI is InChI=1S/C23H18ClNO3/c1-27-16-11-21(26)23(22(12-16)28-2)18-13-20(14-7-9-15(24)10-8-14)25-19-6-4-3-5-17(18)19/h3-13,26H,1-2H3. The number of halogens is 1. The fraction of sp³-hybridized carbons (Fsp3) is 0.0870. The minimum absolute atomic E-state index is 0.0783. The van der Waals surface area contributed by atoms with Gasteiger partial charge in [0, 0.05) is 33.7 Å². The molecule has 0 saturated heterocycles. The zero-order chi connectivity index (χ0) is 19.7. The second-order valence-electron chi connectivity index (χ2n) is 6.30. The van der Waals surface area contributed by atoms with Crippen LogP contribution in [0.3, 0.4) is 0 Å². The summed E-state index contributed by atoms with van der Waals surface area (Å²) in [5, 5.41) is 12.3. The van der Waals surface area contributed by atoms with Crippen molar-refractivity contribution in [2.24, 2.45) is 0 Å². The average molecular weight is 392 g/mol. The van der Waals surface area contributed by atoms with Crippen molar-refractivity contribution >= 4 is 22.5 Å². The number of fused-ring (bicyclic) bond motifs is 1. The van der Waals surface area contributed by atoms with Crippen molar-refractivity contribution in [1.29, 1.82) is 0 Å². The second kappa shape index (κ2) is 7.41. The van der Waals surface area contributed by atoms with Gasteiger partial charge in [0.05, 0.1) is 31.0 Å². The van der Waals surface area contributed by atoms with Crippen molar-refractivity contribution in [3.8, 4) is 39.6 Å². The first-order valence-corrected chi connectivity index (χ1v) is 9.09. The minimum atomic E-state index is 0.0783. The van der Waals surface area contributed by atoms with Crippen LogP contribution < -0.4 is 9.47 Å². The Morgan fingerprint density at radius 1 is 0.893 bits per heavy atom. The molecule has 0 unspecified atom stereocenters. The van der Waals surface area contributed by atoms with Crippen LogP contribution in [0.25, 0.3) is 33.3 Å². The largest absolute Gasteiger partial charge is 0.507 e. The van der Waals surface area contributed by atoms with E-state index in [0.717, 1.165) is 27.7 Å². The average Bonchev–Trinajstić information content (AvgIpc) is 2.73. The van der Waals surface area contributed by atoms with Crippen molar-refractivity contribution in [2.45, 2.75) is 0 Å². The molecular weight excluding hydrogens is 374 g/mol. The minimum Gasteiger partial charge on any atom is -0.507 e. The van der Waals surface area contributed by atoms with E-state index in [9.17, 15) is 5.11 Å². The van der Waals surface area contributed by atoms with Gasteiger partial charge in [-0.15, -0.1) is 0 Å². The quantitative estimate of drug-likeness (QED) is 0.467. The first kappa shape index (κ1) is 18.1. The van der Waals surface area contributed by atoms with E-state index in [1.165, 1.54) is 0 Å². The number of aromatic hydroxyl groups is 1. The highest BCUT2D eigenvalue weighted by molar-refractivity contribution is 6.30. The number of methoxy groups -OCH3 is 2. The SMILES string of the molecule is COc1cc(O)c(-c2cc(-c3ccc(Cl)cc3)nc3ccccc23)c(OC)c1. The molecule has 0 aliphatic heterocycles. The Morgan fingerprint density at radius 2 is 1.64 bits per heavy atom. The summed E-state index contributed by atoms with van der Waals surface area (Å²) < 4.78 is 10.8. The summed E-state index contributed by atoms with van der Waals surface area (Å²) in [4.78, 5) is 4.79. The lowest BCUT2D eigenvalue weighted by Gasteiger charge is -2.16. The van der Waals surface area contributed by atoms with Crippen molar-refractivity contribution in [2.75, 3.05) is 14.2 Å². The van der Waals surface area contributed by atoms with Gasteiger partial charge in [0.15, 0.2) is 0 Å². The number of hydrogen-bond donors (Lipinski definition) is 1. The van der Waals surface area contributed by atoms with E-state index in [4.69, 9.17) is 26.1 Å². The first-order chi connectivity index (χ1) is 13.6. The van der Waals surface area contributed by atoms with Gasteiger partial charge in [-0.2, -0.15) is 0 Å². The maximum absolute atomic E-state index is 10.7. The van der Waals surface area contributed by atoms with Crippen molar-refractivity contribution in [1.82, 2.24) is 4.98 Å². The van der Waals surface area contributed by atoms with Gasteiger partial charge in [-0.3, -0.25) is 0 Å². The van der Waals surface area contributed by atoms with Crippen molar-refractivity contribution < 1.29 is 14.6 Å². The molecule has 0 fully saturated rings. The van der Waals surface area contributed by atoms with Gasteiger partial charge in [-0.1, -0.05) is 41.9 Å². The van der Waals surface area contributed by atoms with Gasteiger partial charge < -0.3 is 14.6 Å². The molecule has 1 N–H and O–H groups in total. The monoisotopic (exact) mass is 391 g/mol. The third kappa shape index (κ3) is 3.23. The lowest BCUT2D eigenvalue weighted by molar-refractivity contribution is 0.387.